The summed E-state index contributed by atoms with van der Waals surface area (Å²) in [6.07, 6.45) is 6.57. The van der Waals surface area contributed by atoms with E-state index in [2.05, 4.69) is 46.9 Å². The normalized spacial score (nSPS) is 16.1. The zero-order valence-electron chi connectivity index (χ0n) is 11.8. The van der Waals surface area contributed by atoms with Gasteiger partial charge in [-0.2, -0.15) is 5.10 Å². The van der Waals surface area contributed by atoms with Gasteiger partial charge in [0.05, 0.1) is 31.1 Å². The molecule has 1 N–H and O–H groups in total. The van der Waals surface area contributed by atoms with Gasteiger partial charge in [0, 0.05) is 13.3 Å². The minimum Gasteiger partial charge on any atom is -0.383 e. The van der Waals surface area contributed by atoms with E-state index in [0.29, 0.717) is 12.6 Å². The number of nitrogens with one attached hydrogen (secondary N) is 1. The molecule has 1 aromatic carbocycles. The topological polar surface area (TPSA) is 39.1 Å². The molecule has 1 atom stereocenters. The van der Waals surface area contributed by atoms with E-state index in [0.717, 1.165) is 18.2 Å². The van der Waals surface area contributed by atoms with Gasteiger partial charge in [-0.1, -0.05) is 30.3 Å². The van der Waals surface area contributed by atoms with Crippen LogP contribution in [0.4, 0.5) is 5.69 Å². The fraction of sp³-hybridized carbons (Fsp3) is 0.438. The van der Waals surface area contributed by atoms with E-state index < -0.39 is 0 Å². The second-order valence-corrected chi connectivity index (χ2v) is 5.36. The maximum Gasteiger partial charge on any atom is 0.0731 e. The quantitative estimate of drug-likeness (QED) is 0.841. The Balaban J connectivity index is 1.69. The standard InChI is InChI=1S/C16H21N3O/c1-20-10-9-19-12-15(11-17-19)18-16(14-7-8-14)13-5-3-2-4-6-13/h2-6,11-12,14,16,18H,7-10H2,1H3. The molecule has 4 nitrogen and oxygen atoms in total. The van der Waals surface area contributed by atoms with Crippen molar-refractivity contribution < 1.29 is 4.74 Å². The monoisotopic (exact) mass is 271 g/mol. The van der Waals surface area contributed by atoms with Crippen LogP contribution >= 0.6 is 0 Å². The first-order valence-corrected chi connectivity index (χ1v) is 7.19. The Hall–Kier alpha value is -1.81. The fourth-order valence-electron chi connectivity index (χ4n) is 2.49. The molecular formula is C16H21N3O. The van der Waals surface area contributed by atoms with Crippen LogP contribution in [-0.2, 0) is 11.3 Å². The molecule has 2 aromatic rings. The molecule has 0 bridgehead atoms. The number of rotatable bonds is 7. The van der Waals surface area contributed by atoms with Crippen molar-refractivity contribution in [3.05, 3.63) is 48.3 Å². The Morgan fingerprint density at radius 3 is 2.85 bits per heavy atom. The summed E-state index contributed by atoms with van der Waals surface area (Å²) in [6, 6.07) is 11.1. The second-order valence-electron chi connectivity index (χ2n) is 5.36. The predicted octanol–water partition coefficient (Wildman–Crippen LogP) is 3.09. The van der Waals surface area contributed by atoms with Gasteiger partial charge in [0.25, 0.3) is 0 Å². The number of methoxy groups -OCH3 is 1. The molecular weight excluding hydrogens is 250 g/mol. The first kappa shape index (κ1) is 13.2. The van der Waals surface area contributed by atoms with Crippen molar-refractivity contribution in [2.75, 3.05) is 19.0 Å². The zero-order valence-corrected chi connectivity index (χ0v) is 11.8. The number of anilines is 1. The Bertz CT molecular complexity index is 534. The third kappa shape index (κ3) is 3.20. The van der Waals surface area contributed by atoms with Gasteiger partial charge in [-0.3, -0.25) is 4.68 Å². The molecule has 1 aliphatic carbocycles. The lowest BCUT2D eigenvalue weighted by molar-refractivity contribution is 0.183. The number of benzene rings is 1. The smallest absolute Gasteiger partial charge is 0.0731 e. The van der Waals surface area contributed by atoms with Crippen molar-refractivity contribution in [1.82, 2.24) is 9.78 Å². The molecule has 0 spiro atoms. The van der Waals surface area contributed by atoms with Gasteiger partial charge in [0.1, 0.15) is 0 Å². The van der Waals surface area contributed by atoms with Crippen molar-refractivity contribution in [1.29, 1.82) is 0 Å². The number of aromatic nitrogens is 2. The molecule has 1 saturated carbocycles. The Morgan fingerprint density at radius 2 is 2.15 bits per heavy atom. The molecule has 3 rings (SSSR count). The summed E-state index contributed by atoms with van der Waals surface area (Å²) in [7, 11) is 1.71. The van der Waals surface area contributed by atoms with Crippen molar-refractivity contribution >= 4 is 5.69 Å². The predicted molar refractivity (Wildman–Crippen MR) is 79.6 cm³/mol. The van der Waals surface area contributed by atoms with Crippen LogP contribution in [0.15, 0.2) is 42.7 Å². The van der Waals surface area contributed by atoms with Crippen LogP contribution in [0.25, 0.3) is 0 Å². The molecule has 20 heavy (non-hydrogen) atoms. The lowest BCUT2D eigenvalue weighted by Gasteiger charge is -2.18. The van der Waals surface area contributed by atoms with E-state index >= 15 is 0 Å². The van der Waals surface area contributed by atoms with E-state index in [1.165, 1.54) is 18.4 Å². The van der Waals surface area contributed by atoms with Gasteiger partial charge in [0.2, 0.25) is 0 Å². The lowest BCUT2D eigenvalue weighted by Crippen LogP contribution is -2.12. The van der Waals surface area contributed by atoms with Gasteiger partial charge < -0.3 is 10.1 Å². The zero-order chi connectivity index (χ0) is 13.8. The summed E-state index contributed by atoms with van der Waals surface area (Å²) in [5.74, 6) is 0.750. The van der Waals surface area contributed by atoms with Crippen LogP contribution in [0.3, 0.4) is 0 Å². The van der Waals surface area contributed by atoms with Gasteiger partial charge in [0.15, 0.2) is 0 Å². The molecule has 4 heteroatoms. The van der Waals surface area contributed by atoms with Crippen LogP contribution in [0, 0.1) is 5.92 Å². The number of hydrogen-bond acceptors (Lipinski definition) is 3. The number of hydrogen-bond donors (Lipinski definition) is 1. The van der Waals surface area contributed by atoms with Crippen LogP contribution in [0.5, 0.6) is 0 Å². The van der Waals surface area contributed by atoms with Gasteiger partial charge >= 0.3 is 0 Å². The maximum atomic E-state index is 5.07. The van der Waals surface area contributed by atoms with Crippen molar-refractivity contribution in [2.45, 2.75) is 25.4 Å². The van der Waals surface area contributed by atoms with Gasteiger partial charge in [-0.15, -0.1) is 0 Å². The minimum atomic E-state index is 0.399. The van der Waals surface area contributed by atoms with Crippen LogP contribution in [-0.4, -0.2) is 23.5 Å². The number of nitrogens with zero attached hydrogens (tertiary/aromatic N) is 2. The molecule has 1 aromatic heterocycles. The number of ether oxygens (including phenoxy) is 1. The summed E-state index contributed by atoms with van der Waals surface area (Å²) in [4.78, 5) is 0. The van der Waals surface area contributed by atoms with E-state index in [1.54, 1.807) is 7.11 Å². The van der Waals surface area contributed by atoms with E-state index in [4.69, 9.17) is 4.74 Å². The first-order valence-electron chi connectivity index (χ1n) is 7.19. The second kappa shape index (κ2) is 6.09. The van der Waals surface area contributed by atoms with Gasteiger partial charge in [-0.05, 0) is 24.3 Å². The van der Waals surface area contributed by atoms with E-state index in [-0.39, 0.29) is 0 Å². The third-order valence-corrected chi connectivity index (χ3v) is 3.73. The first-order chi connectivity index (χ1) is 9.86. The van der Waals surface area contributed by atoms with Crippen LogP contribution in [0.1, 0.15) is 24.4 Å². The largest absolute Gasteiger partial charge is 0.383 e. The molecule has 1 fully saturated rings. The molecule has 1 unspecified atom stereocenters. The highest BCUT2D eigenvalue weighted by Crippen LogP contribution is 2.42. The highest BCUT2D eigenvalue weighted by molar-refractivity contribution is 5.42. The molecule has 0 amide bonds. The van der Waals surface area contributed by atoms with Crippen molar-refractivity contribution in [2.24, 2.45) is 5.92 Å². The molecule has 1 heterocycles. The molecule has 0 aliphatic heterocycles. The highest BCUT2D eigenvalue weighted by atomic mass is 16.5. The van der Waals surface area contributed by atoms with Crippen molar-refractivity contribution in [3.8, 4) is 0 Å². The molecule has 106 valence electrons. The Labute approximate surface area is 119 Å². The van der Waals surface area contributed by atoms with E-state index in [9.17, 15) is 0 Å². The SMILES string of the molecule is COCCn1cc(NC(c2ccccc2)C2CC2)cn1. The minimum absolute atomic E-state index is 0.399. The average molecular weight is 271 g/mol. The Kier molecular flexibility index (Phi) is 4.02. The maximum absolute atomic E-state index is 5.07. The van der Waals surface area contributed by atoms with Crippen LogP contribution in [0.2, 0.25) is 0 Å². The summed E-state index contributed by atoms with van der Waals surface area (Å²) in [5.41, 5.74) is 2.45. The summed E-state index contributed by atoms with van der Waals surface area (Å²) >= 11 is 0. The average Bonchev–Trinajstić information content (AvgIpc) is 3.23. The fourth-order valence-corrected chi connectivity index (χ4v) is 2.49. The van der Waals surface area contributed by atoms with Crippen molar-refractivity contribution in [3.63, 3.8) is 0 Å². The molecule has 1 aliphatic rings. The molecule has 0 saturated heterocycles. The van der Waals surface area contributed by atoms with Gasteiger partial charge in [-0.25, -0.2) is 0 Å². The summed E-state index contributed by atoms with van der Waals surface area (Å²) in [5, 5.41) is 7.98. The van der Waals surface area contributed by atoms with E-state index in [1.807, 2.05) is 10.9 Å². The summed E-state index contributed by atoms with van der Waals surface area (Å²) in [6.45, 7) is 1.48. The van der Waals surface area contributed by atoms with Crippen LogP contribution < -0.4 is 5.32 Å². The molecule has 0 radical (unpaired) electrons. The Morgan fingerprint density at radius 1 is 1.35 bits per heavy atom. The third-order valence-electron chi connectivity index (χ3n) is 3.73. The highest BCUT2D eigenvalue weighted by Gasteiger charge is 2.32. The summed E-state index contributed by atoms with van der Waals surface area (Å²) < 4.78 is 6.99. The lowest BCUT2D eigenvalue weighted by atomic mass is 10.0.